The van der Waals surface area contributed by atoms with Gasteiger partial charge in [-0.3, -0.25) is 0 Å². The maximum Gasteiger partial charge on any atom is 0.252 e. The van der Waals surface area contributed by atoms with Crippen molar-refractivity contribution >= 4 is 12.6 Å². The van der Waals surface area contributed by atoms with Crippen LogP contribution in [0.5, 0.6) is 5.75 Å². The van der Waals surface area contributed by atoms with Gasteiger partial charge in [-0.2, -0.15) is 0 Å². The van der Waals surface area contributed by atoms with Gasteiger partial charge in [0.1, 0.15) is 5.75 Å². The predicted molar refractivity (Wildman–Crippen MR) is 50.9 cm³/mol. The van der Waals surface area contributed by atoms with E-state index in [0.29, 0.717) is 11.0 Å². The number of aromatic nitrogens is 1. The van der Waals surface area contributed by atoms with Crippen LogP contribution in [0.2, 0.25) is 0 Å². The molecule has 0 aliphatic heterocycles. The quantitative estimate of drug-likeness (QED) is 0.683. The summed E-state index contributed by atoms with van der Waals surface area (Å²) in [5.74, 6) is 0.874. The summed E-state index contributed by atoms with van der Waals surface area (Å²) in [5.41, 5.74) is 0.866. The first kappa shape index (κ1) is 8.19. The number of phenolic OH excluding ortho intramolecular Hbond substituents is 1. The van der Waals surface area contributed by atoms with Crippen LogP contribution in [0, 0.1) is 0 Å². The van der Waals surface area contributed by atoms with E-state index in [0.717, 1.165) is 5.56 Å². The van der Waals surface area contributed by atoms with Gasteiger partial charge in [0.25, 0.3) is 5.22 Å². The van der Waals surface area contributed by atoms with Crippen molar-refractivity contribution in [3.8, 4) is 17.1 Å². The average Bonchev–Trinajstić information content (AvgIpc) is 2.53. The summed E-state index contributed by atoms with van der Waals surface area (Å²) in [6.07, 6.45) is 1.59. The number of hydrogen-bond acceptors (Lipinski definition) is 4. The Bertz CT molecular complexity index is 408. The minimum absolute atomic E-state index is 0.231. The summed E-state index contributed by atoms with van der Waals surface area (Å²) >= 11 is 3.95. The van der Waals surface area contributed by atoms with Crippen molar-refractivity contribution in [1.82, 2.24) is 4.98 Å². The third-order valence-electron chi connectivity index (χ3n) is 1.65. The summed E-state index contributed by atoms with van der Waals surface area (Å²) in [5, 5.41) is 9.38. The number of nitrogens with zero attached hydrogens (tertiary/aromatic N) is 1. The Labute approximate surface area is 80.5 Å². The predicted octanol–water partition coefficient (Wildman–Crippen LogP) is 2.34. The Kier molecular flexibility index (Phi) is 1.98. The van der Waals surface area contributed by atoms with Crippen molar-refractivity contribution in [1.29, 1.82) is 0 Å². The van der Waals surface area contributed by atoms with Crippen molar-refractivity contribution in [2.24, 2.45) is 0 Å². The molecule has 0 fully saturated rings. The Morgan fingerprint density at radius 1 is 1.23 bits per heavy atom. The van der Waals surface area contributed by atoms with E-state index in [1.165, 1.54) is 0 Å². The highest BCUT2D eigenvalue weighted by Crippen LogP contribution is 2.23. The highest BCUT2D eigenvalue weighted by Gasteiger charge is 2.02. The normalized spacial score (nSPS) is 10.2. The fourth-order valence-electron chi connectivity index (χ4n) is 1.02. The summed E-state index contributed by atoms with van der Waals surface area (Å²) in [6.45, 7) is 0. The van der Waals surface area contributed by atoms with Gasteiger partial charge < -0.3 is 9.52 Å². The van der Waals surface area contributed by atoms with E-state index in [9.17, 15) is 0 Å². The van der Waals surface area contributed by atoms with Gasteiger partial charge in [0.15, 0.2) is 5.76 Å². The molecule has 1 heterocycles. The van der Waals surface area contributed by atoms with Crippen LogP contribution in [0.3, 0.4) is 0 Å². The molecule has 1 N–H and O–H groups in total. The van der Waals surface area contributed by atoms with Crippen LogP contribution in [-0.4, -0.2) is 10.1 Å². The Morgan fingerprint density at radius 3 is 2.46 bits per heavy atom. The maximum absolute atomic E-state index is 9.05. The largest absolute Gasteiger partial charge is 0.508 e. The Morgan fingerprint density at radius 2 is 1.92 bits per heavy atom. The van der Waals surface area contributed by atoms with Crippen molar-refractivity contribution < 1.29 is 9.52 Å². The maximum atomic E-state index is 9.05. The van der Waals surface area contributed by atoms with Crippen LogP contribution < -0.4 is 0 Å². The molecule has 66 valence electrons. The zero-order valence-corrected chi connectivity index (χ0v) is 7.53. The summed E-state index contributed by atoms with van der Waals surface area (Å²) in [4.78, 5) is 3.85. The van der Waals surface area contributed by atoms with E-state index >= 15 is 0 Å². The lowest BCUT2D eigenvalue weighted by atomic mass is 10.2. The fourth-order valence-corrected chi connectivity index (χ4v) is 1.18. The Balaban J connectivity index is 2.41. The number of benzene rings is 1. The fraction of sp³-hybridized carbons (Fsp3) is 0. The molecule has 0 saturated carbocycles. The average molecular weight is 193 g/mol. The molecule has 0 bridgehead atoms. The van der Waals surface area contributed by atoms with Gasteiger partial charge in [-0.1, -0.05) is 12.6 Å². The second kappa shape index (κ2) is 3.14. The Hall–Kier alpha value is -1.42. The molecule has 0 aliphatic carbocycles. The van der Waals surface area contributed by atoms with Crippen LogP contribution in [0.4, 0.5) is 0 Å². The molecule has 2 aromatic rings. The molecule has 1 aromatic carbocycles. The van der Waals surface area contributed by atoms with E-state index in [1.54, 1.807) is 30.5 Å². The molecule has 3 nitrogen and oxygen atoms in total. The summed E-state index contributed by atoms with van der Waals surface area (Å²) < 4.78 is 5.18. The minimum atomic E-state index is 0.231. The first-order valence-electron chi connectivity index (χ1n) is 3.70. The van der Waals surface area contributed by atoms with Crippen molar-refractivity contribution in [2.45, 2.75) is 5.22 Å². The molecule has 2 rings (SSSR count). The van der Waals surface area contributed by atoms with Crippen LogP contribution >= 0.6 is 12.6 Å². The van der Waals surface area contributed by atoms with E-state index in [1.807, 2.05) is 0 Å². The van der Waals surface area contributed by atoms with Gasteiger partial charge in [-0.15, -0.1) is 0 Å². The van der Waals surface area contributed by atoms with Gasteiger partial charge in [0.05, 0.1) is 6.20 Å². The van der Waals surface area contributed by atoms with Crippen molar-refractivity contribution in [3.05, 3.63) is 30.5 Å². The van der Waals surface area contributed by atoms with E-state index in [4.69, 9.17) is 9.52 Å². The summed E-state index contributed by atoms with van der Waals surface area (Å²) in [7, 11) is 0. The highest BCUT2D eigenvalue weighted by molar-refractivity contribution is 7.80. The lowest BCUT2D eigenvalue weighted by Crippen LogP contribution is -1.71. The lowest BCUT2D eigenvalue weighted by molar-refractivity contribution is 0.467. The molecular formula is C9H7NO2S. The molecule has 0 amide bonds. The molecule has 0 radical (unpaired) electrons. The smallest absolute Gasteiger partial charge is 0.252 e. The molecule has 13 heavy (non-hydrogen) atoms. The molecule has 0 spiro atoms. The van der Waals surface area contributed by atoms with Gasteiger partial charge in [-0.05, 0) is 24.3 Å². The third-order valence-corrected chi connectivity index (χ3v) is 1.85. The number of rotatable bonds is 1. The zero-order valence-electron chi connectivity index (χ0n) is 6.64. The lowest BCUT2D eigenvalue weighted by Gasteiger charge is -1.95. The minimum Gasteiger partial charge on any atom is -0.508 e. The monoisotopic (exact) mass is 193 g/mol. The first-order valence-corrected chi connectivity index (χ1v) is 4.14. The van der Waals surface area contributed by atoms with E-state index in [-0.39, 0.29) is 5.75 Å². The van der Waals surface area contributed by atoms with E-state index in [2.05, 4.69) is 17.6 Å². The van der Waals surface area contributed by atoms with Gasteiger partial charge >= 0.3 is 0 Å². The number of phenols is 1. The van der Waals surface area contributed by atoms with Crippen molar-refractivity contribution in [2.75, 3.05) is 0 Å². The molecule has 4 heteroatoms. The topological polar surface area (TPSA) is 46.3 Å². The zero-order chi connectivity index (χ0) is 9.26. The van der Waals surface area contributed by atoms with E-state index < -0.39 is 0 Å². The second-order valence-electron chi connectivity index (χ2n) is 2.55. The van der Waals surface area contributed by atoms with Gasteiger partial charge in [-0.25, -0.2) is 4.98 Å². The number of aromatic hydroxyl groups is 1. The molecule has 1 aromatic heterocycles. The number of oxazole rings is 1. The van der Waals surface area contributed by atoms with Crippen LogP contribution in [0.15, 0.2) is 40.1 Å². The molecule has 0 unspecified atom stereocenters. The van der Waals surface area contributed by atoms with Crippen LogP contribution in [0.25, 0.3) is 11.3 Å². The van der Waals surface area contributed by atoms with Gasteiger partial charge in [0, 0.05) is 5.56 Å². The third kappa shape index (κ3) is 1.67. The number of hydrogen-bond donors (Lipinski definition) is 2. The molecule has 0 saturated heterocycles. The second-order valence-corrected chi connectivity index (χ2v) is 2.94. The standard InChI is InChI=1S/C9H7NO2S/c11-7-3-1-6(2-4-7)8-5-10-9(13)12-8/h1-5,11H,(H,10,13). The van der Waals surface area contributed by atoms with Crippen molar-refractivity contribution in [3.63, 3.8) is 0 Å². The van der Waals surface area contributed by atoms with Crippen LogP contribution in [-0.2, 0) is 0 Å². The van der Waals surface area contributed by atoms with Gasteiger partial charge in [0.2, 0.25) is 0 Å². The molecule has 0 aliphatic rings. The SMILES string of the molecule is Oc1ccc(-c2cnc(S)o2)cc1. The summed E-state index contributed by atoms with van der Waals surface area (Å²) in [6, 6.07) is 6.69. The molecular weight excluding hydrogens is 186 g/mol. The number of thiol groups is 1. The highest BCUT2D eigenvalue weighted by atomic mass is 32.1. The first-order chi connectivity index (χ1) is 6.25. The van der Waals surface area contributed by atoms with Crippen LogP contribution in [0.1, 0.15) is 0 Å². The molecule has 0 atom stereocenters.